The molecule has 1 aliphatic rings. The Bertz CT molecular complexity index is 369. The van der Waals surface area contributed by atoms with Crippen LogP contribution in [0.3, 0.4) is 0 Å². The van der Waals surface area contributed by atoms with Crippen LogP contribution in [0.1, 0.15) is 18.7 Å². The lowest BCUT2D eigenvalue weighted by Crippen LogP contribution is -2.35. The van der Waals surface area contributed by atoms with E-state index in [0.29, 0.717) is 6.54 Å². The van der Waals surface area contributed by atoms with E-state index in [1.165, 1.54) is 12.8 Å². The summed E-state index contributed by atoms with van der Waals surface area (Å²) in [5.74, 6) is 1.84. The zero-order chi connectivity index (χ0) is 11.4. The van der Waals surface area contributed by atoms with E-state index in [-0.39, 0.29) is 0 Å². The Labute approximate surface area is 96.5 Å². The molecule has 0 spiro atoms. The zero-order valence-electron chi connectivity index (χ0n) is 9.76. The van der Waals surface area contributed by atoms with E-state index < -0.39 is 0 Å². The highest BCUT2D eigenvalue weighted by molar-refractivity contribution is 4.90. The minimum absolute atomic E-state index is 0.580. The Morgan fingerprint density at radius 2 is 2.25 bits per heavy atom. The van der Waals surface area contributed by atoms with Crippen molar-refractivity contribution in [2.24, 2.45) is 5.92 Å². The van der Waals surface area contributed by atoms with Gasteiger partial charge in [-0.05, 0) is 38.8 Å². The first kappa shape index (κ1) is 11.2. The summed E-state index contributed by atoms with van der Waals surface area (Å²) in [4.78, 5) is 6.47. The molecular weight excluding hydrogens is 200 g/mol. The average molecular weight is 218 g/mol. The lowest BCUT2D eigenvalue weighted by atomic mass is 9.97. The van der Waals surface area contributed by atoms with Gasteiger partial charge < -0.3 is 4.57 Å². The summed E-state index contributed by atoms with van der Waals surface area (Å²) in [5.41, 5.74) is 0. The van der Waals surface area contributed by atoms with Crippen LogP contribution in [0.15, 0.2) is 12.4 Å². The number of likely N-dealkylation sites (tertiary alicyclic amines) is 1. The van der Waals surface area contributed by atoms with Crippen molar-refractivity contribution in [3.8, 4) is 6.07 Å². The van der Waals surface area contributed by atoms with Gasteiger partial charge in [-0.15, -0.1) is 0 Å². The van der Waals surface area contributed by atoms with Gasteiger partial charge in [-0.3, -0.25) is 4.90 Å². The van der Waals surface area contributed by atoms with Crippen molar-refractivity contribution >= 4 is 0 Å². The standard InChI is InChI=1S/C12H18N4/c1-11-14-5-9-16(11)10-12-2-6-15(7-3-12)8-4-13/h5,9,12H,2-3,6-8,10H2,1H3. The topological polar surface area (TPSA) is 44.9 Å². The smallest absolute Gasteiger partial charge is 0.105 e. The Kier molecular flexibility index (Phi) is 3.58. The van der Waals surface area contributed by atoms with Crippen molar-refractivity contribution in [2.45, 2.75) is 26.3 Å². The molecule has 2 rings (SSSR count). The number of hydrogen-bond donors (Lipinski definition) is 0. The van der Waals surface area contributed by atoms with Crippen molar-refractivity contribution < 1.29 is 0 Å². The first-order chi connectivity index (χ1) is 7.79. The molecule has 1 fully saturated rings. The fourth-order valence-corrected chi connectivity index (χ4v) is 2.30. The molecule has 0 amide bonds. The highest BCUT2D eigenvalue weighted by Gasteiger charge is 2.19. The summed E-state index contributed by atoms with van der Waals surface area (Å²) in [5, 5.41) is 8.62. The van der Waals surface area contributed by atoms with Gasteiger partial charge in [0.05, 0.1) is 12.6 Å². The predicted octanol–water partition coefficient (Wildman–Crippen LogP) is 1.43. The maximum Gasteiger partial charge on any atom is 0.105 e. The van der Waals surface area contributed by atoms with Gasteiger partial charge >= 0.3 is 0 Å². The zero-order valence-corrected chi connectivity index (χ0v) is 9.76. The van der Waals surface area contributed by atoms with Gasteiger partial charge in [0.1, 0.15) is 5.82 Å². The van der Waals surface area contributed by atoms with Crippen LogP contribution in [-0.4, -0.2) is 34.1 Å². The van der Waals surface area contributed by atoms with E-state index in [9.17, 15) is 0 Å². The largest absolute Gasteiger partial charge is 0.335 e. The number of hydrogen-bond acceptors (Lipinski definition) is 3. The molecule has 0 saturated carbocycles. The van der Waals surface area contributed by atoms with E-state index in [0.717, 1.165) is 31.4 Å². The monoisotopic (exact) mass is 218 g/mol. The molecule has 0 aromatic carbocycles. The molecule has 0 aliphatic carbocycles. The SMILES string of the molecule is Cc1nccn1CC1CCN(CC#N)CC1. The van der Waals surface area contributed by atoms with Crippen LogP contribution >= 0.6 is 0 Å². The number of piperidine rings is 1. The third kappa shape index (κ3) is 2.61. The van der Waals surface area contributed by atoms with Gasteiger partial charge in [-0.1, -0.05) is 0 Å². The number of rotatable bonds is 3. The summed E-state index contributed by atoms with van der Waals surface area (Å²) in [6, 6.07) is 2.22. The van der Waals surface area contributed by atoms with E-state index in [1.54, 1.807) is 0 Å². The van der Waals surface area contributed by atoms with Crippen molar-refractivity contribution in [1.29, 1.82) is 5.26 Å². The Hall–Kier alpha value is -1.34. The molecule has 1 aromatic rings. The van der Waals surface area contributed by atoms with Crippen LogP contribution < -0.4 is 0 Å². The first-order valence-corrected chi connectivity index (χ1v) is 5.86. The molecule has 4 heteroatoms. The van der Waals surface area contributed by atoms with Crippen molar-refractivity contribution in [1.82, 2.24) is 14.5 Å². The molecule has 0 unspecified atom stereocenters. The number of aryl methyl sites for hydroxylation is 1. The molecule has 0 atom stereocenters. The van der Waals surface area contributed by atoms with Crippen LogP contribution in [-0.2, 0) is 6.54 Å². The van der Waals surface area contributed by atoms with Crippen LogP contribution in [0.25, 0.3) is 0 Å². The molecule has 2 heterocycles. The van der Waals surface area contributed by atoms with Gasteiger partial charge in [-0.25, -0.2) is 4.98 Å². The quantitative estimate of drug-likeness (QED) is 0.721. The van der Waals surface area contributed by atoms with E-state index in [4.69, 9.17) is 5.26 Å². The van der Waals surface area contributed by atoms with Gasteiger partial charge in [-0.2, -0.15) is 5.26 Å². The first-order valence-electron chi connectivity index (χ1n) is 5.86. The van der Waals surface area contributed by atoms with Gasteiger partial charge in [0.2, 0.25) is 0 Å². The highest BCUT2D eigenvalue weighted by atomic mass is 15.1. The molecule has 16 heavy (non-hydrogen) atoms. The second-order valence-corrected chi connectivity index (χ2v) is 4.50. The summed E-state index contributed by atoms with van der Waals surface area (Å²) in [7, 11) is 0. The molecule has 1 aromatic heterocycles. The van der Waals surface area contributed by atoms with Crippen LogP contribution in [0.4, 0.5) is 0 Å². The van der Waals surface area contributed by atoms with Crippen molar-refractivity contribution in [3.63, 3.8) is 0 Å². The molecule has 0 radical (unpaired) electrons. The third-order valence-corrected chi connectivity index (χ3v) is 3.38. The molecule has 4 nitrogen and oxygen atoms in total. The van der Waals surface area contributed by atoms with Gasteiger partial charge in [0.25, 0.3) is 0 Å². The van der Waals surface area contributed by atoms with Crippen LogP contribution in [0, 0.1) is 24.2 Å². The summed E-state index contributed by atoms with van der Waals surface area (Å²) >= 11 is 0. The fraction of sp³-hybridized carbons (Fsp3) is 0.667. The number of imidazole rings is 1. The molecule has 0 N–H and O–H groups in total. The molecule has 1 aliphatic heterocycles. The van der Waals surface area contributed by atoms with E-state index >= 15 is 0 Å². The lowest BCUT2D eigenvalue weighted by Gasteiger charge is -2.30. The maximum absolute atomic E-state index is 8.62. The average Bonchev–Trinajstić information content (AvgIpc) is 2.68. The van der Waals surface area contributed by atoms with Gasteiger partial charge in [0.15, 0.2) is 0 Å². The van der Waals surface area contributed by atoms with E-state index in [1.807, 2.05) is 13.1 Å². The number of nitrogens with zero attached hydrogens (tertiary/aromatic N) is 4. The molecule has 0 bridgehead atoms. The second-order valence-electron chi connectivity index (χ2n) is 4.50. The van der Waals surface area contributed by atoms with Crippen molar-refractivity contribution in [2.75, 3.05) is 19.6 Å². The number of aromatic nitrogens is 2. The van der Waals surface area contributed by atoms with Gasteiger partial charge in [0, 0.05) is 18.9 Å². The molecular formula is C12H18N4. The Morgan fingerprint density at radius 3 is 2.81 bits per heavy atom. The maximum atomic E-state index is 8.62. The molecule has 1 saturated heterocycles. The van der Waals surface area contributed by atoms with Crippen molar-refractivity contribution in [3.05, 3.63) is 18.2 Å². The minimum Gasteiger partial charge on any atom is -0.335 e. The predicted molar refractivity (Wildman–Crippen MR) is 61.7 cm³/mol. The van der Waals surface area contributed by atoms with Crippen LogP contribution in [0.5, 0.6) is 0 Å². The summed E-state index contributed by atoms with van der Waals surface area (Å²) in [6.07, 6.45) is 6.30. The molecule has 86 valence electrons. The van der Waals surface area contributed by atoms with Crippen LogP contribution in [0.2, 0.25) is 0 Å². The Morgan fingerprint density at radius 1 is 1.50 bits per heavy atom. The van der Waals surface area contributed by atoms with E-state index in [2.05, 4.69) is 26.7 Å². The summed E-state index contributed by atoms with van der Waals surface area (Å²) in [6.45, 7) is 5.83. The minimum atomic E-state index is 0.580. The third-order valence-electron chi connectivity index (χ3n) is 3.38. The Balaban J connectivity index is 1.82. The fourth-order valence-electron chi connectivity index (χ4n) is 2.30. The number of nitriles is 1. The summed E-state index contributed by atoms with van der Waals surface area (Å²) < 4.78 is 2.23. The second kappa shape index (κ2) is 5.13. The highest BCUT2D eigenvalue weighted by Crippen LogP contribution is 2.19. The lowest BCUT2D eigenvalue weighted by molar-refractivity contribution is 0.189. The normalized spacial score (nSPS) is 18.5.